The third kappa shape index (κ3) is 3.79. The van der Waals surface area contributed by atoms with E-state index in [4.69, 9.17) is 4.98 Å². The molecule has 1 fully saturated rings. The van der Waals surface area contributed by atoms with Gasteiger partial charge in [0.15, 0.2) is 5.82 Å². The van der Waals surface area contributed by atoms with Crippen LogP contribution in [0.1, 0.15) is 43.4 Å². The molecule has 3 aromatic rings. The van der Waals surface area contributed by atoms with E-state index < -0.39 is 0 Å². The average molecular weight is 363 g/mol. The van der Waals surface area contributed by atoms with Crippen molar-refractivity contribution < 1.29 is 4.79 Å². The van der Waals surface area contributed by atoms with E-state index in [1.165, 1.54) is 19.3 Å². The molecule has 0 atom stereocenters. The molecule has 1 saturated carbocycles. The minimum absolute atomic E-state index is 0.180. The molecule has 2 heterocycles. The number of amides is 2. The Bertz CT molecular complexity index is 972. The van der Waals surface area contributed by atoms with Gasteiger partial charge >= 0.3 is 6.03 Å². The molecule has 0 bridgehead atoms. The highest BCUT2D eigenvalue weighted by atomic mass is 16.2. The SMILES string of the molecule is Cc1cc(NC(=O)NC2CCCCC2)n(-c2cc(C)c3ccccc3n2)n1. The molecule has 0 radical (unpaired) electrons. The lowest BCUT2D eigenvalue weighted by atomic mass is 9.96. The largest absolute Gasteiger partial charge is 0.335 e. The van der Waals surface area contributed by atoms with Crippen molar-refractivity contribution in [3.8, 4) is 5.82 Å². The highest BCUT2D eigenvalue weighted by molar-refractivity contribution is 5.89. The van der Waals surface area contributed by atoms with Crippen LogP contribution in [0.25, 0.3) is 16.7 Å². The first kappa shape index (κ1) is 17.5. The number of fused-ring (bicyclic) bond motifs is 1. The second kappa shape index (κ2) is 7.39. The number of nitrogens with one attached hydrogen (secondary N) is 2. The maximum absolute atomic E-state index is 12.5. The average Bonchev–Trinajstić information content (AvgIpc) is 3.02. The first-order chi connectivity index (χ1) is 13.1. The van der Waals surface area contributed by atoms with Gasteiger partial charge in [-0.05, 0) is 44.4 Å². The summed E-state index contributed by atoms with van der Waals surface area (Å²) >= 11 is 0. The van der Waals surface area contributed by atoms with Crippen molar-refractivity contribution in [3.05, 3.63) is 47.7 Å². The van der Waals surface area contributed by atoms with Crippen molar-refractivity contribution in [3.63, 3.8) is 0 Å². The van der Waals surface area contributed by atoms with Gasteiger partial charge in [-0.1, -0.05) is 37.5 Å². The zero-order valence-electron chi connectivity index (χ0n) is 15.8. The number of anilines is 1. The van der Waals surface area contributed by atoms with E-state index in [1.54, 1.807) is 4.68 Å². The van der Waals surface area contributed by atoms with E-state index in [-0.39, 0.29) is 12.1 Å². The molecule has 0 spiro atoms. The predicted molar refractivity (Wildman–Crippen MR) is 107 cm³/mol. The zero-order chi connectivity index (χ0) is 18.8. The molecular weight excluding hydrogens is 338 g/mol. The number of carbonyl (C=O) groups is 1. The molecule has 140 valence electrons. The van der Waals surface area contributed by atoms with Gasteiger partial charge in [-0.2, -0.15) is 9.78 Å². The number of aryl methyl sites for hydroxylation is 2. The van der Waals surface area contributed by atoms with E-state index in [2.05, 4.69) is 28.7 Å². The van der Waals surface area contributed by atoms with Crippen LogP contribution in [-0.2, 0) is 0 Å². The monoisotopic (exact) mass is 363 g/mol. The Morgan fingerprint density at radius 3 is 2.70 bits per heavy atom. The van der Waals surface area contributed by atoms with Crippen LogP contribution in [0.4, 0.5) is 10.6 Å². The molecule has 2 amide bonds. The number of nitrogens with zero attached hydrogens (tertiary/aromatic N) is 3. The number of pyridine rings is 1. The van der Waals surface area contributed by atoms with E-state index in [0.717, 1.165) is 35.0 Å². The quantitative estimate of drug-likeness (QED) is 0.720. The summed E-state index contributed by atoms with van der Waals surface area (Å²) in [6.45, 7) is 3.97. The summed E-state index contributed by atoms with van der Waals surface area (Å²) in [5, 5.41) is 11.7. The third-order valence-corrected chi connectivity index (χ3v) is 5.14. The van der Waals surface area contributed by atoms with Crippen molar-refractivity contribution in [2.75, 3.05) is 5.32 Å². The maximum atomic E-state index is 12.5. The number of hydrogen-bond donors (Lipinski definition) is 2. The first-order valence-corrected chi connectivity index (χ1v) is 9.61. The standard InChI is InChI=1S/C21H25N5O/c1-14-12-19(23-18-11-7-6-10-17(14)18)26-20(13-15(2)25-26)24-21(27)22-16-8-4-3-5-9-16/h6-7,10-13,16H,3-5,8-9H2,1-2H3,(H2,22,24,27). The number of para-hydroxylation sites is 1. The first-order valence-electron chi connectivity index (χ1n) is 9.61. The number of rotatable bonds is 3. The summed E-state index contributed by atoms with van der Waals surface area (Å²) in [6, 6.07) is 12.0. The highest BCUT2D eigenvalue weighted by Crippen LogP contribution is 2.22. The molecule has 4 rings (SSSR count). The van der Waals surface area contributed by atoms with Gasteiger partial charge in [0.2, 0.25) is 0 Å². The van der Waals surface area contributed by atoms with Crippen molar-refractivity contribution in [1.82, 2.24) is 20.1 Å². The van der Waals surface area contributed by atoms with Gasteiger partial charge < -0.3 is 5.32 Å². The normalized spacial score (nSPS) is 15.0. The maximum Gasteiger partial charge on any atom is 0.320 e. The van der Waals surface area contributed by atoms with Crippen LogP contribution in [0.15, 0.2) is 36.4 Å². The third-order valence-electron chi connectivity index (χ3n) is 5.14. The number of aromatic nitrogens is 3. The lowest BCUT2D eigenvalue weighted by Crippen LogP contribution is -2.39. The lowest BCUT2D eigenvalue weighted by molar-refractivity contribution is 0.244. The Morgan fingerprint density at radius 2 is 1.89 bits per heavy atom. The summed E-state index contributed by atoms with van der Waals surface area (Å²) < 4.78 is 1.70. The molecule has 27 heavy (non-hydrogen) atoms. The molecule has 1 aliphatic rings. The Hall–Kier alpha value is -2.89. The Labute approximate surface area is 159 Å². The molecule has 2 N–H and O–H groups in total. The number of urea groups is 1. The summed E-state index contributed by atoms with van der Waals surface area (Å²) in [5.74, 6) is 1.33. The predicted octanol–water partition coefficient (Wildman–Crippen LogP) is 4.49. The lowest BCUT2D eigenvalue weighted by Gasteiger charge is -2.22. The molecule has 0 aliphatic heterocycles. The minimum atomic E-state index is -0.180. The second-order valence-corrected chi connectivity index (χ2v) is 7.33. The van der Waals surface area contributed by atoms with Gasteiger partial charge in [-0.15, -0.1) is 0 Å². The van der Waals surface area contributed by atoms with Crippen LogP contribution in [0, 0.1) is 13.8 Å². The smallest absolute Gasteiger partial charge is 0.320 e. The minimum Gasteiger partial charge on any atom is -0.335 e. The molecular formula is C21H25N5O. The van der Waals surface area contributed by atoms with E-state index >= 15 is 0 Å². The molecule has 2 aromatic heterocycles. The molecule has 6 heteroatoms. The number of benzene rings is 1. The van der Waals surface area contributed by atoms with Crippen LogP contribution >= 0.6 is 0 Å². The molecule has 1 aromatic carbocycles. The van der Waals surface area contributed by atoms with Crippen LogP contribution in [0.2, 0.25) is 0 Å². The van der Waals surface area contributed by atoms with Gasteiger partial charge in [0.25, 0.3) is 0 Å². The number of carbonyl (C=O) groups excluding carboxylic acids is 1. The highest BCUT2D eigenvalue weighted by Gasteiger charge is 2.18. The van der Waals surface area contributed by atoms with Crippen molar-refractivity contribution in [1.29, 1.82) is 0 Å². The fourth-order valence-corrected chi connectivity index (χ4v) is 3.79. The van der Waals surface area contributed by atoms with Gasteiger partial charge in [0, 0.05) is 17.5 Å². The molecule has 6 nitrogen and oxygen atoms in total. The fraction of sp³-hybridized carbons (Fsp3) is 0.381. The summed E-state index contributed by atoms with van der Waals surface area (Å²) in [5.41, 5.74) is 2.87. The van der Waals surface area contributed by atoms with E-state index in [1.807, 2.05) is 37.3 Å². The summed E-state index contributed by atoms with van der Waals surface area (Å²) in [6.07, 6.45) is 5.73. The molecule has 0 saturated heterocycles. The fourth-order valence-electron chi connectivity index (χ4n) is 3.79. The van der Waals surface area contributed by atoms with Crippen LogP contribution in [-0.4, -0.2) is 26.8 Å². The van der Waals surface area contributed by atoms with Crippen molar-refractivity contribution in [2.24, 2.45) is 0 Å². The van der Waals surface area contributed by atoms with Gasteiger partial charge in [-0.25, -0.2) is 9.78 Å². The Morgan fingerprint density at radius 1 is 1.11 bits per heavy atom. The summed E-state index contributed by atoms with van der Waals surface area (Å²) in [4.78, 5) is 17.2. The van der Waals surface area contributed by atoms with Crippen LogP contribution < -0.4 is 10.6 Å². The van der Waals surface area contributed by atoms with Crippen LogP contribution in [0.5, 0.6) is 0 Å². The topological polar surface area (TPSA) is 71.8 Å². The van der Waals surface area contributed by atoms with Gasteiger partial charge in [-0.3, -0.25) is 5.32 Å². The second-order valence-electron chi connectivity index (χ2n) is 7.33. The van der Waals surface area contributed by atoms with E-state index in [0.29, 0.717) is 11.6 Å². The molecule has 1 aliphatic carbocycles. The molecule has 0 unspecified atom stereocenters. The zero-order valence-corrected chi connectivity index (χ0v) is 15.8. The van der Waals surface area contributed by atoms with Gasteiger partial charge in [0.1, 0.15) is 5.82 Å². The van der Waals surface area contributed by atoms with Gasteiger partial charge in [0.05, 0.1) is 11.2 Å². The Kier molecular flexibility index (Phi) is 4.79. The van der Waals surface area contributed by atoms with E-state index in [9.17, 15) is 4.79 Å². The summed E-state index contributed by atoms with van der Waals surface area (Å²) in [7, 11) is 0. The van der Waals surface area contributed by atoms with Crippen molar-refractivity contribution >= 4 is 22.8 Å². The Balaban J connectivity index is 1.60. The van der Waals surface area contributed by atoms with Crippen molar-refractivity contribution in [2.45, 2.75) is 52.0 Å². The number of hydrogen-bond acceptors (Lipinski definition) is 3. The van der Waals surface area contributed by atoms with Crippen LogP contribution in [0.3, 0.4) is 0 Å².